The number of likely N-dealkylation sites (N-methyl/N-ethyl adjacent to an activating group) is 1. The minimum Gasteiger partial charge on any atom is -0.361 e. The molecule has 0 radical (unpaired) electrons. The van der Waals surface area contributed by atoms with Crippen molar-refractivity contribution in [2.45, 2.75) is 49.2 Å². The third-order valence-electron chi connectivity index (χ3n) is 7.52. The molecule has 1 aliphatic heterocycles. The van der Waals surface area contributed by atoms with Gasteiger partial charge in [-0.1, -0.05) is 65.3 Å². The van der Waals surface area contributed by atoms with Gasteiger partial charge >= 0.3 is 0 Å². The lowest BCUT2D eigenvalue weighted by Gasteiger charge is -2.31. The molecule has 10 nitrogen and oxygen atoms in total. The van der Waals surface area contributed by atoms with Crippen LogP contribution >= 0.6 is 35.0 Å². The van der Waals surface area contributed by atoms with Gasteiger partial charge < -0.3 is 31.6 Å². The second-order valence-corrected chi connectivity index (χ2v) is 12.5. The van der Waals surface area contributed by atoms with E-state index in [1.54, 1.807) is 37.0 Å². The number of carbonyl (C=O) groups excluding carboxylic acids is 3. The molecule has 0 saturated carbocycles. The highest BCUT2D eigenvalue weighted by Gasteiger charge is 2.32. The third kappa shape index (κ3) is 9.94. The van der Waals surface area contributed by atoms with Crippen LogP contribution in [0.1, 0.15) is 30.4 Å². The molecule has 1 aliphatic rings. The zero-order valence-corrected chi connectivity index (χ0v) is 27.9. The van der Waals surface area contributed by atoms with Gasteiger partial charge in [-0.2, -0.15) is 0 Å². The Bertz CT molecular complexity index is 1610. The monoisotopic (exact) mass is 683 g/mol. The Morgan fingerprint density at radius 2 is 1.91 bits per heavy atom. The van der Waals surface area contributed by atoms with Crippen LogP contribution in [0.15, 0.2) is 76.9 Å². The molecule has 0 unspecified atom stereocenters. The molecule has 46 heavy (non-hydrogen) atoms. The van der Waals surface area contributed by atoms with Crippen LogP contribution in [-0.2, 0) is 27.3 Å². The van der Waals surface area contributed by atoms with Crippen molar-refractivity contribution in [1.82, 2.24) is 25.8 Å². The van der Waals surface area contributed by atoms with Crippen LogP contribution in [0, 0.1) is 0 Å². The lowest BCUT2D eigenvalue weighted by atomic mass is 10.0. The van der Waals surface area contributed by atoms with E-state index in [9.17, 15) is 14.4 Å². The molecular formula is C33H39Cl2N7O3S. The smallest absolute Gasteiger partial charge is 0.245 e. The van der Waals surface area contributed by atoms with E-state index in [0.717, 1.165) is 16.5 Å². The molecule has 0 spiro atoms. The molecule has 0 aliphatic carbocycles. The average molecular weight is 685 g/mol. The summed E-state index contributed by atoms with van der Waals surface area (Å²) in [5.74, 6) is -1.05. The second kappa shape index (κ2) is 17.9. The first-order chi connectivity index (χ1) is 22.3. The number of benzene rings is 2. The Labute approximate surface area is 283 Å². The van der Waals surface area contributed by atoms with Crippen molar-refractivity contribution in [3.63, 3.8) is 0 Å². The number of nitrogens with one attached hydrogen (secondary N) is 4. The fraction of sp³-hybridized carbons (Fsp3) is 0.333. The van der Waals surface area contributed by atoms with Gasteiger partial charge in [0.25, 0.3) is 0 Å². The van der Waals surface area contributed by atoms with Gasteiger partial charge in [0.1, 0.15) is 12.1 Å². The van der Waals surface area contributed by atoms with Crippen molar-refractivity contribution in [3.05, 3.63) is 88.2 Å². The predicted octanol–water partition coefficient (Wildman–Crippen LogP) is 4.57. The van der Waals surface area contributed by atoms with Crippen LogP contribution in [0.4, 0.5) is 0 Å². The SMILES string of the molecule is CN1C(=O)[C@H](CCCCN)NC(=O)CNCC=CC=CN=CSc2c(Cl)cc(Cl)cc2CNC(=O)[C@@H]1Cc1c[nH]c2ccccc12. The zero-order chi connectivity index (χ0) is 32.9. The topological polar surface area (TPSA) is 145 Å². The maximum absolute atomic E-state index is 14.0. The first-order valence-corrected chi connectivity index (χ1v) is 16.7. The minimum absolute atomic E-state index is 0.0219. The van der Waals surface area contributed by atoms with Crippen LogP contribution in [0.25, 0.3) is 10.9 Å². The van der Waals surface area contributed by atoms with Gasteiger partial charge in [-0.05, 0) is 61.2 Å². The van der Waals surface area contributed by atoms with Gasteiger partial charge in [0.2, 0.25) is 17.7 Å². The van der Waals surface area contributed by atoms with Crippen molar-refractivity contribution in [2.75, 3.05) is 26.7 Å². The molecule has 244 valence electrons. The molecule has 2 aromatic carbocycles. The largest absolute Gasteiger partial charge is 0.361 e. The number of amides is 3. The standard InChI is InChI=1S/C33H39Cl2N7O3S/c1-42-29(16-22-18-39-27-10-4-3-9-25(22)27)32(44)40-19-23-15-24(34)17-26(35)31(23)46-21-38-14-8-2-7-13-37-20-30(43)41-28(33(42)45)11-5-6-12-36/h2-4,7-10,14-15,17-18,21,28-29,37,39H,5-6,11-13,16,19-20,36H2,1H3,(H,40,44)(H,41,43)/t28-,29-/m0/s1. The molecule has 0 saturated heterocycles. The molecule has 3 amide bonds. The summed E-state index contributed by atoms with van der Waals surface area (Å²) in [5, 5.41) is 10.8. The summed E-state index contributed by atoms with van der Waals surface area (Å²) in [6, 6.07) is 9.46. The third-order valence-corrected chi connectivity index (χ3v) is 9.10. The van der Waals surface area contributed by atoms with E-state index >= 15 is 0 Å². The number of aromatic amines is 1. The predicted molar refractivity (Wildman–Crippen MR) is 187 cm³/mol. The number of hydrogen-bond acceptors (Lipinski definition) is 7. The number of fused-ring (bicyclic) bond motifs is 2. The summed E-state index contributed by atoms with van der Waals surface area (Å²) >= 11 is 14.2. The van der Waals surface area contributed by atoms with E-state index in [-0.39, 0.29) is 37.2 Å². The number of unbranched alkanes of at least 4 members (excludes halogenated alkanes) is 1. The quantitative estimate of drug-likeness (QED) is 0.241. The lowest BCUT2D eigenvalue weighted by molar-refractivity contribution is -0.142. The summed E-state index contributed by atoms with van der Waals surface area (Å²) in [7, 11) is 1.60. The summed E-state index contributed by atoms with van der Waals surface area (Å²) < 4.78 is 0. The summed E-state index contributed by atoms with van der Waals surface area (Å²) in [6.45, 7) is 1.05. The first kappa shape index (κ1) is 35.2. The fourth-order valence-electron chi connectivity index (χ4n) is 5.12. The Morgan fingerprint density at radius 1 is 1.09 bits per heavy atom. The molecule has 3 aromatic rings. The van der Waals surface area contributed by atoms with Crippen molar-refractivity contribution in [1.29, 1.82) is 0 Å². The second-order valence-electron chi connectivity index (χ2n) is 10.8. The number of allylic oxidation sites excluding steroid dienone is 2. The van der Waals surface area contributed by atoms with Crippen LogP contribution in [0.3, 0.4) is 0 Å². The maximum atomic E-state index is 14.0. The highest BCUT2D eigenvalue weighted by molar-refractivity contribution is 8.12. The van der Waals surface area contributed by atoms with Gasteiger partial charge in [-0.3, -0.25) is 19.4 Å². The number of rotatable bonds is 6. The lowest BCUT2D eigenvalue weighted by Crippen LogP contribution is -2.55. The molecular weight excluding hydrogens is 645 g/mol. The number of nitrogens with two attached hydrogens (primary N) is 1. The van der Waals surface area contributed by atoms with E-state index < -0.39 is 12.1 Å². The van der Waals surface area contributed by atoms with E-state index in [1.165, 1.54) is 16.7 Å². The highest BCUT2D eigenvalue weighted by Crippen LogP contribution is 2.33. The number of hydrogen-bond donors (Lipinski definition) is 5. The Balaban J connectivity index is 1.68. The number of thioether (sulfide) groups is 1. The number of aliphatic imine (C=N–C) groups is 1. The van der Waals surface area contributed by atoms with Crippen LogP contribution in [0.5, 0.6) is 0 Å². The van der Waals surface area contributed by atoms with Gasteiger partial charge in [0.05, 0.1) is 17.1 Å². The number of halogens is 2. The van der Waals surface area contributed by atoms with Gasteiger partial charge in [0, 0.05) is 59.8 Å². The van der Waals surface area contributed by atoms with Gasteiger partial charge in [-0.25, -0.2) is 0 Å². The number of H-pyrrole nitrogens is 1. The Morgan fingerprint density at radius 3 is 2.74 bits per heavy atom. The maximum Gasteiger partial charge on any atom is 0.245 e. The molecule has 13 heteroatoms. The van der Waals surface area contributed by atoms with E-state index in [1.807, 2.05) is 42.6 Å². The molecule has 2 heterocycles. The number of nitrogens with zero attached hydrogens (tertiary/aromatic N) is 2. The molecule has 6 N–H and O–H groups in total. The first-order valence-electron chi connectivity index (χ1n) is 15.1. The molecule has 0 bridgehead atoms. The molecule has 0 fully saturated rings. The number of para-hydroxylation sites is 1. The molecule has 1 aromatic heterocycles. The number of carbonyl (C=O) groups is 3. The zero-order valence-electron chi connectivity index (χ0n) is 25.6. The minimum atomic E-state index is -0.893. The Hall–Kier alpha value is -3.61. The average Bonchev–Trinajstić information content (AvgIpc) is 3.45. The van der Waals surface area contributed by atoms with E-state index in [2.05, 4.69) is 25.9 Å². The summed E-state index contributed by atoms with van der Waals surface area (Å²) in [6.07, 6.45) is 10.9. The van der Waals surface area contributed by atoms with E-state index in [4.69, 9.17) is 28.9 Å². The van der Waals surface area contributed by atoms with Crippen LogP contribution < -0.4 is 21.7 Å². The van der Waals surface area contributed by atoms with Crippen LogP contribution in [-0.4, -0.2) is 71.9 Å². The van der Waals surface area contributed by atoms with Crippen molar-refractivity contribution >= 4 is 69.1 Å². The van der Waals surface area contributed by atoms with Crippen molar-refractivity contribution < 1.29 is 14.4 Å². The summed E-state index contributed by atoms with van der Waals surface area (Å²) in [5.41, 5.74) is 9.87. The Kier molecular flexibility index (Phi) is 13.7. The van der Waals surface area contributed by atoms with Crippen molar-refractivity contribution in [3.8, 4) is 0 Å². The number of aromatic nitrogens is 1. The van der Waals surface area contributed by atoms with Gasteiger partial charge in [0.15, 0.2) is 0 Å². The molecule has 4 rings (SSSR count). The molecule has 2 atom stereocenters. The van der Waals surface area contributed by atoms with Crippen LogP contribution in [0.2, 0.25) is 10.0 Å². The van der Waals surface area contributed by atoms with Crippen molar-refractivity contribution in [2.24, 2.45) is 10.7 Å². The fourth-order valence-corrected chi connectivity index (χ4v) is 6.48. The van der Waals surface area contributed by atoms with Gasteiger partial charge in [-0.15, -0.1) is 0 Å². The normalized spacial score (nSPS) is 19.0. The highest BCUT2D eigenvalue weighted by atomic mass is 35.5. The van der Waals surface area contributed by atoms with E-state index in [0.29, 0.717) is 52.9 Å². The summed E-state index contributed by atoms with van der Waals surface area (Å²) in [4.78, 5) is 50.6.